The highest BCUT2D eigenvalue weighted by Gasteiger charge is 2.21. The molecular formula is C14H25N3S. The van der Waals surface area contributed by atoms with Gasteiger partial charge in [0, 0.05) is 48.5 Å². The molecule has 1 fully saturated rings. The first-order valence-corrected chi connectivity index (χ1v) is 7.53. The SMILES string of the molecule is Cc1cc(CNCC2CN(C)CCN2C)c(C)s1. The molecular weight excluding hydrogens is 242 g/mol. The molecule has 3 nitrogen and oxygen atoms in total. The Morgan fingerprint density at radius 2 is 2.11 bits per heavy atom. The third-order valence-corrected chi connectivity index (χ3v) is 4.83. The summed E-state index contributed by atoms with van der Waals surface area (Å²) >= 11 is 1.90. The van der Waals surface area contributed by atoms with Crippen molar-refractivity contribution in [3.63, 3.8) is 0 Å². The van der Waals surface area contributed by atoms with Gasteiger partial charge >= 0.3 is 0 Å². The number of rotatable bonds is 4. The zero-order valence-corrected chi connectivity index (χ0v) is 12.8. The van der Waals surface area contributed by atoms with Gasteiger partial charge in [-0.1, -0.05) is 0 Å². The van der Waals surface area contributed by atoms with Crippen LogP contribution in [0.25, 0.3) is 0 Å². The largest absolute Gasteiger partial charge is 0.311 e. The maximum atomic E-state index is 3.61. The van der Waals surface area contributed by atoms with Crippen LogP contribution in [0.15, 0.2) is 6.07 Å². The number of nitrogens with one attached hydrogen (secondary N) is 1. The van der Waals surface area contributed by atoms with E-state index in [0.29, 0.717) is 6.04 Å². The van der Waals surface area contributed by atoms with E-state index < -0.39 is 0 Å². The molecule has 1 aliphatic heterocycles. The summed E-state index contributed by atoms with van der Waals surface area (Å²) in [6.07, 6.45) is 0. The molecule has 0 bridgehead atoms. The van der Waals surface area contributed by atoms with Gasteiger partial charge < -0.3 is 10.2 Å². The van der Waals surface area contributed by atoms with E-state index in [1.807, 2.05) is 11.3 Å². The average molecular weight is 267 g/mol. The molecule has 0 saturated carbocycles. The summed E-state index contributed by atoms with van der Waals surface area (Å²) < 4.78 is 0. The van der Waals surface area contributed by atoms with Crippen LogP contribution in [0.3, 0.4) is 0 Å². The van der Waals surface area contributed by atoms with Crippen molar-refractivity contribution in [1.82, 2.24) is 15.1 Å². The molecule has 0 aliphatic carbocycles. The van der Waals surface area contributed by atoms with Gasteiger partial charge in [-0.15, -0.1) is 11.3 Å². The fourth-order valence-electron chi connectivity index (χ4n) is 2.55. The minimum Gasteiger partial charge on any atom is -0.311 e. The molecule has 102 valence electrons. The number of thiophene rings is 1. The first-order chi connectivity index (χ1) is 8.56. The monoisotopic (exact) mass is 267 g/mol. The van der Waals surface area contributed by atoms with Crippen molar-refractivity contribution in [3.8, 4) is 0 Å². The van der Waals surface area contributed by atoms with Crippen molar-refractivity contribution < 1.29 is 0 Å². The quantitative estimate of drug-likeness (QED) is 0.896. The molecule has 0 aromatic carbocycles. The van der Waals surface area contributed by atoms with Gasteiger partial charge in [0.05, 0.1) is 0 Å². The summed E-state index contributed by atoms with van der Waals surface area (Å²) in [7, 11) is 4.45. The summed E-state index contributed by atoms with van der Waals surface area (Å²) in [4.78, 5) is 7.76. The van der Waals surface area contributed by atoms with Crippen LogP contribution < -0.4 is 5.32 Å². The van der Waals surface area contributed by atoms with Crippen LogP contribution in [-0.4, -0.2) is 56.1 Å². The number of likely N-dealkylation sites (N-methyl/N-ethyl adjacent to an activating group) is 2. The molecule has 1 aliphatic rings. The molecule has 0 spiro atoms. The van der Waals surface area contributed by atoms with Crippen molar-refractivity contribution in [2.24, 2.45) is 0 Å². The number of nitrogens with zero attached hydrogens (tertiary/aromatic N) is 2. The second kappa shape index (κ2) is 6.15. The molecule has 4 heteroatoms. The third-order valence-electron chi connectivity index (χ3n) is 3.82. The van der Waals surface area contributed by atoms with E-state index in [4.69, 9.17) is 0 Å². The lowest BCUT2D eigenvalue weighted by atomic mass is 10.2. The van der Waals surface area contributed by atoms with Crippen molar-refractivity contribution in [2.75, 3.05) is 40.3 Å². The van der Waals surface area contributed by atoms with Crippen LogP contribution in [0.5, 0.6) is 0 Å². The maximum absolute atomic E-state index is 3.61. The van der Waals surface area contributed by atoms with Crippen molar-refractivity contribution in [1.29, 1.82) is 0 Å². The molecule has 0 radical (unpaired) electrons. The molecule has 2 heterocycles. The highest BCUT2D eigenvalue weighted by molar-refractivity contribution is 7.12. The highest BCUT2D eigenvalue weighted by atomic mass is 32.1. The van der Waals surface area contributed by atoms with Gasteiger partial charge in [0.25, 0.3) is 0 Å². The number of piperazine rings is 1. The lowest BCUT2D eigenvalue weighted by Crippen LogP contribution is -2.53. The van der Waals surface area contributed by atoms with Gasteiger partial charge in [-0.25, -0.2) is 0 Å². The van der Waals surface area contributed by atoms with Crippen molar-refractivity contribution >= 4 is 11.3 Å². The van der Waals surface area contributed by atoms with Gasteiger partial charge in [0.15, 0.2) is 0 Å². The lowest BCUT2D eigenvalue weighted by Gasteiger charge is -2.37. The van der Waals surface area contributed by atoms with Crippen molar-refractivity contribution in [3.05, 3.63) is 21.4 Å². The zero-order chi connectivity index (χ0) is 13.1. The van der Waals surface area contributed by atoms with E-state index in [1.165, 1.54) is 35.0 Å². The van der Waals surface area contributed by atoms with Gasteiger partial charge in [-0.3, -0.25) is 4.90 Å². The van der Waals surface area contributed by atoms with Crippen LogP contribution in [0.2, 0.25) is 0 Å². The third kappa shape index (κ3) is 3.54. The molecule has 18 heavy (non-hydrogen) atoms. The minimum absolute atomic E-state index is 0.642. The van der Waals surface area contributed by atoms with Crippen LogP contribution in [0.4, 0.5) is 0 Å². The Labute approximate surface area is 115 Å². The molecule has 0 amide bonds. The van der Waals surface area contributed by atoms with E-state index >= 15 is 0 Å². The molecule has 1 atom stereocenters. The minimum atomic E-state index is 0.642. The second-order valence-corrected chi connectivity index (χ2v) is 6.93. The Kier molecular flexibility index (Phi) is 4.78. The standard InChI is InChI=1S/C14H25N3S/c1-11-7-13(12(2)18-11)8-15-9-14-10-16(3)5-6-17(14)4/h7,14-15H,5-6,8-10H2,1-4H3. The van der Waals surface area contributed by atoms with Crippen LogP contribution in [0.1, 0.15) is 15.3 Å². The molecule has 2 rings (SSSR count). The second-order valence-electron chi connectivity index (χ2n) is 5.47. The summed E-state index contributed by atoms with van der Waals surface area (Å²) in [5.41, 5.74) is 1.46. The molecule has 1 saturated heterocycles. The van der Waals surface area contributed by atoms with Crippen LogP contribution in [0, 0.1) is 13.8 Å². The highest BCUT2D eigenvalue weighted by Crippen LogP contribution is 2.20. The Morgan fingerprint density at radius 3 is 2.78 bits per heavy atom. The van der Waals surface area contributed by atoms with Crippen LogP contribution >= 0.6 is 11.3 Å². The average Bonchev–Trinajstić information content (AvgIpc) is 2.62. The molecule has 1 N–H and O–H groups in total. The molecule has 1 unspecified atom stereocenters. The number of hydrogen-bond acceptors (Lipinski definition) is 4. The van der Waals surface area contributed by atoms with E-state index in [2.05, 4.69) is 49.1 Å². The Hall–Kier alpha value is -0.420. The van der Waals surface area contributed by atoms with Gasteiger partial charge in [0.2, 0.25) is 0 Å². The van der Waals surface area contributed by atoms with Gasteiger partial charge in [-0.05, 0) is 39.6 Å². The number of hydrogen-bond donors (Lipinski definition) is 1. The Bertz CT molecular complexity index is 388. The molecule has 1 aromatic rings. The predicted octanol–water partition coefficient (Wildman–Crippen LogP) is 1.70. The van der Waals surface area contributed by atoms with Gasteiger partial charge in [0.1, 0.15) is 0 Å². The van der Waals surface area contributed by atoms with E-state index in [9.17, 15) is 0 Å². The fraction of sp³-hybridized carbons (Fsp3) is 0.714. The van der Waals surface area contributed by atoms with Crippen LogP contribution in [-0.2, 0) is 6.54 Å². The smallest absolute Gasteiger partial charge is 0.0345 e. The first kappa shape index (κ1) is 14.0. The predicted molar refractivity (Wildman–Crippen MR) is 79.4 cm³/mol. The first-order valence-electron chi connectivity index (χ1n) is 6.71. The number of aryl methyl sites for hydroxylation is 2. The fourth-order valence-corrected chi connectivity index (χ4v) is 3.50. The summed E-state index contributed by atoms with van der Waals surface area (Å²) in [5.74, 6) is 0. The summed E-state index contributed by atoms with van der Waals surface area (Å²) in [5, 5.41) is 3.61. The summed E-state index contributed by atoms with van der Waals surface area (Å²) in [6.45, 7) is 10.0. The van der Waals surface area contributed by atoms with E-state index in [-0.39, 0.29) is 0 Å². The maximum Gasteiger partial charge on any atom is 0.0345 e. The Balaban J connectivity index is 1.79. The van der Waals surface area contributed by atoms with Crippen molar-refractivity contribution in [2.45, 2.75) is 26.4 Å². The Morgan fingerprint density at radius 1 is 1.33 bits per heavy atom. The topological polar surface area (TPSA) is 18.5 Å². The lowest BCUT2D eigenvalue weighted by molar-refractivity contribution is 0.113. The summed E-state index contributed by atoms with van der Waals surface area (Å²) in [6, 6.07) is 2.95. The van der Waals surface area contributed by atoms with Gasteiger partial charge in [-0.2, -0.15) is 0 Å². The molecule has 1 aromatic heterocycles. The zero-order valence-electron chi connectivity index (χ0n) is 12.0. The van der Waals surface area contributed by atoms with E-state index in [1.54, 1.807) is 0 Å². The normalized spacial score (nSPS) is 22.6. The van der Waals surface area contributed by atoms with E-state index in [0.717, 1.165) is 13.1 Å².